The maximum absolute atomic E-state index is 13.4. The molecule has 6 heteroatoms. The molecule has 4 rings (SSSR count). The molecule has 0 spiro atoms. The fourth-order valence-corrected chi connectivity index (χ4v) is 4.67. The summed E-state index contributed by atoms with van der Waals surface area (Å²) in [4.78, 5) is 20.6. The van der Waals surface area contributed by atoms with E-state index in [1.165, 1.54) is 11.8 Å². The first-order valence-corrected chi connectivity index (χ1v) is 12.1. The average molecular weight is 519 g/mol. The van der Waals surface area contributed by atoms with Crippen molar-refractivity contribution in [1.82, 2.24) is 4.90 Å². The van der Waals surface area contributed by atoms with Crippen LogP contribution in [0.4, 0.5) is 0 Å². The van der Waals surface area contributed by atoms with Crippen molar-refractivity contribution in [2.24, 2.45) is 4.99 Å². The van der Waals surface area contributed by atoms with Gasteiger partial charge < -0.3 is 4.74 Å². The lowest BCUT2D eigenvalue weighted by Crippen LogP contribution is -2.28. The molecule has 1 amide bonds. The number of nitrogens with zero attached hydrogens (tertiary/aromatic N) is 2. The van der Waals surface area contributed by atoms with Crippen LogP contribution in [0.1, 0.15) is 16.7 Å². The maximum Gasteiger partial charge on any atom is 0.267 e. The summed E-state index contributed by atoms with van der Waals surface area (Å²) in [7, 11) is 0. The summed E-state index contributed by atoms with van der Waals surface area (Å²) in [6.07, 6.45) is 3.57. The zero-order chi connectivity index (χ0) is 23.0. The van der Waals surface area contributed by atoms with Crippen LogP contribution in [0.25, 0.3) is 6.08 Å². The van der Waals surface area contributed by atoms with E-state index in [0.717, 1.165) is 21.2 Å². The second-order valence-electron chi connectivity index (χ2n) is 7.35. The molecule has 0 bridgehead atoms. The molecule has 4 nitrogen and oxygen atoms in total. The number of thioether (sulfide) groups is 1. The van der Waals surface area contributed by atoms with Gasteiger partial charge in [-0.1, -0.05) is 89.2 Å². The molecule has 0 aromatic heterocycles. The minimum absolute atomic E-state index is 0.0645. The van der Waals surface area contributed by atoms with Gasteiger partial charge in [-0.15, -0.1) is 0 Å². The van der Waals surface area contributed by atoms with Gasteiger partial charge in [0.1, 0.15) is 12.4 Å². The van der Waals surface area contributed by atoms with Gasteiger partial charge in [0.15, 0.2) is 5.17 Å². The first-order valence-electron chi connectivity index (χ1n) is 10.5. The fourth-order valence-electron chi connectivity index (χ4n) is 3.33. The van der Waals surface area contributed by atoms with Crippen LogP contribution in [0, 0.1) is 0 Å². The van der Waals surface area contributed by atoms with Gasteiger partial charge in [0.05, 0.1) is 18.0 Å². The molecule has 1 aliphatic rings. The number of rotatable bonds is 8. The van der Waals surface area contributed by atoms with Gasteiger partial charge in [-0.25, -0.2) is 0 Å². The van der Waals surface area contributed by atoms with Crippen molar-refractivity contribution in [3.8, 4) is 5.75 Å². The smallest absolute Gasteiger partial charge is 0.267 e. The zero-order valence-electron chi connectivity index (χ0n) is 18.0. The summed E-state index contributed by atoms with van der Waals surface area (Å²) >= 11 is 4.91. The number of benzene rings is 3. The van der Waals surface area contributed by atoms with E-state index in [-0.39, 0.29) is 5.91 Å². The van der Waals surface area contributed by atoms with Crippen molar-refractivity contribution >= 4 is 44.8 Å². The Morgan fingerprint density at radius 1 is 1.00 bits per heavy atom. The molecule has 0 N–H and O–H groups in total. The molecule has 1 fully saturated rings. The summed E-state index contributed by atoms with van der Waals surface area (Å²) in [6, 6.07) is 25.7. The van der Waals surface area contributed by atoms with E-state index >= 15 is 0 Å². The Morgan fingerprint density at radius 3 is 2.39 bits per heavy atom. The van der Waals surface area contributed by atoms with Crippen LogP contribution in [0.3, 0.4) is 0 Å². The molecule has 0 radical (unpaired) electrons. The lowest BCUT2D eigenvalue weighted by molar-refractivity contribution is -0.122. The van der Waals surface area contributed by atoms with E-state index in [1.54, 1.807) is 11.0 Å². The van der Waals surface area contributed by atoms with E-state index in [1.807, 2.05) is 84.9 Å². The van der Waals surface area contributed by atoms with Gasteiger partial charge in [0.25, 0.3) is 5.91 Å². The van der Waals surface area contributed by atoms with Crippen molar-refractivity contribution in [2.75, 3.05) is 6.61 Å². The van der Waals surface area contributed by atoms with Gasteiger partial charge in [-0.3, -0.25) is 14.7 Å². The Hall–Kier alpha value is -3.09. The highest BCUT2D eigenvalue weighted by molar-refractivity contribution is 9.10. The topological polar surface area (TPSA) is 41.9 Å². The molecule has 0 aliphatic carbocycles. The van der Waals surface area contributed by atoms with E-state index in [0.29, 0.717) is 35.5 Å². The molecule has 33 heavy (non-hydrogen) atoms. The van der Waals surface area contributed by atoms with Crippen LogP contribution in [-0.4, -0.2) is 22.6 Å². The summed E-state index contributed by atoms with van der Waals surface area (Å²) < 4.78 is 6.71. The largest absolute Gasteiger partial charge is 0.489 e. The Kier molecular flexibility index (Phi) is 7.81. The Balaban J connectivity index is 1.66. The minimum atomic E-state index is -0.0645. The quantitative estimate of drug-likeness (QED) is 0.246. The molecule has 0 unspecified atom stereocenters. The lowest BCUT2D eigenvalue weighted by atomic mass is 10.1. The highest BCUT2D eigenvalue weighted by atomic mass is 79.9. The minimum Gasteiger partial charge on any atom is -0.489 e. The van der Waals surface area contributed by atoms with E-state index in [2.05, 4.69) is 22.5 Å². The fraction of sp³-hybridized carbons (Fsp3) is 0.111. The Bertz CT molecular complexity index is 1190. The van der Waals surface area contributed by atoms with E-state index < -0.39 is 0 Å². The summed E-state index contributed by atoms with van der Waals surface area (Å²) in [5.74, 6) is 0.633. The van der Waals surface area contributed by atoms with Gasteiger partial charge >= 0.3 is 0 Å². The molecule has 1 aliphatic heterocycles. The standard InChI is InChI=1S/C27H23BrN2O2S/c1-2-15-32-24-14-13-23(28)16-22(24)17-25-26(31)30(19-21-11-7-4-8-12-21)27(33-25)29-18-20-9-5-3-6-10-20/h2-14,16-17H,1,15,18-19H2/b25-17+,29-27?. The normalized spacial score (nSPS) is 15.9. The molecule has 0 atom stereocenters. The molecular weight excluding hydrogens is 496 g/mol. The second-order valence-corrected chi connectivity index (χ2v) is 9.28. The number of hydrogen-bond donors (Lipinski definition) is 0. The van der Waals surface area contributed by atoms with Gasteiger partial charge in [0.2, 0.25) is 0 Å². The average Bonchev–Trinajstić information content (AvgIpc) is 3.13. The molecule has 166 valence electrons. The van der Waals surface area contributed by atoms with Gasteiger partial charge in [-0.05, 0) is 47.2 Å². The van der Waals surface area contributed by atoms with Crippen LogP contribution in [0.5, 0.6) is 5.75 Å². The van der Waals surface area contributed by atoms with Crippen molar-refractivity contribution in [3.05, 3.63) is 118 Å². The van der Waals surface area contributed by atoms with E-state index in [4.69, 9.17) is 9.73 Å². The Morgan fingerprint density at radius 2 is 1.70 bits per heavy atom. The summed E-state index contributed by atoms with van der Waals surface area (Å²) in [6.45, 7) is 5.09. The third-order valence-corrected chi connectivity index (χ3v) is 6.46. The summed E-state index contributed by atoms with van der Waals surface area (Å²) in [5.41, 5.74) is 2.98. The Labute approximate surface area is 206 Å². The maximum atomic E-state index is 13.4. The molecule has 3 aromatic rings. The first-order chi connectivity index (χ1) is 16.1. The lowest BCUT2D eigenvalue weighted by Gasteiger charge is -2.15. The van der Waals surface area contributed by atoms with E-state index in [9.17, 15) is 4.79 Å². The number of halogens is 1. The zero-order valence-corrected chi connectivity index (χ0v) is 20.4. The van der Waals surface area contributed by atoms with Crippen molar-refractivity contribution in [2.45, 2.75) is 13.1 Å². The second kappa shape index (κ2) is 11.2. The number of hydrogen-bond acceptors (Lipinski definition) is 4. The highest BCUT2D eigenvalue weighted by Gasteiger charge is 2.33. The predicted octanol–water partition coefficient (Wildman–Crippen LogP) is 6.69. The molecular formula is C27H23BrN2O2S. The molecule has 0 saturated carbocycles. The van der Waals surface area contributed by atoms with Crippen LogP contribution < -0.4 is 4.74 Å². The number of aliphatic imine (C=N–C) groups is 1. The summed E-state index contributed by atoms with van der Waals surface area (Å²) in [5, 5.41) is 0.697. The number of amidine groups is 1. The molecule has 1 saturated heterocycles. The number of amides is 1. The molecule has 3 aromatic carbocycles. The van der Waals surface area contributed by atoms with Crippen LogP contribution in [0.2, 0.25) is 0 Å². The predicted molar refractivity (Wildman–Crippen MR) is 140 cm³/mol. The molecule has 1 heterocycles. The van der Waals surface area contributed by atoms with Gasteiger partial charge in [0, 0.05) is 10.0 Å². The van der Waals surface area contributed by atoms with Gasteiger partial charge in [-0.2, -0.15) is 0 Å². The first kappa shape index (κ1) is 23.1. The van der Waals surface area contributed by atoms with Crippen molar-refractivity contribution in [3.63, 3.8) is 0 Å². The number of carbonyl (C=O) groups is 1. The van der Waals surface area contributed by atoms with Crippen molar-refractivity contribution < 1.29 is 9.53 Å². The monoisotopic (exact) mass is 518 g/mol. The third-order valence-electron chi connectivity index (χ3n) is 4.93. The van der Waals surface area contributed by atoms with Crippen LogP contribution in [-0.2, 0) is 17.9 Å². The number of ether oxygens (including phenoxy) is 1. The number of carbonyl (C=O) groups excluding carboxylic acids is 1. The third kappa shape index (κ3) is 6.03. The van der Waals surface area contributed by atoms with Crippen molar-refractivity contribution in [1.29, 1.82) is 0 Å². The SMILES string of the molecule is C=CCOc1ccc(Br)cc1/C=C1/SC(=NCc2ccccc2)N(Cc2ccccc2)C1=O. The van der Waals surface area contributed by atoms with Crippen LogP contribution >= 0.6 is 27.7 Å². The van der Waals surface area contributed by atoms with Crippen LogP contribution in [0.15, 0.2) is 106 Å². The highest BCUT2D eigenvalue weighted by Crippen LogP contribution is 2.36.